The van der Waals surface area contributed by atoms with Crippen molar-refractivity contribution in [1.82, 2.24) is 15.0 Å². The van der Waals surface area contributed by atoms with Crippen molar-refractivity contribution in [2.75, 3.05) is 24.7 Å². The van der Waals surface area contributed by atoms with E-state index in [1.54, 1.807) is 31.1 Å². The Labute approximate surface area is 121 Å². The molecule has 106 valence electrons. The van der Waals surface area contributed by atoms with Crippen LogP contribution in [0.4, 0.5) is 16.3 Å². The summed E-state index contributed by atoms with van der Waals surface area (Å²) in [5, 5.41) is 9.26. The Morgan fingerprint density at radius 3 is 2.71 bits per heavy atom. The molecule has 0 unspecified atom stereocenters. The summed E-state index contributed by atoms with van der Waals surface area (Å²) in [4.78, 5) is 13.7. The van der Waals surface area contributed by atoms with Crippen molar-refractivity contribution in [3.8, 4) is 6.07 Å². The maximum absolute atomic E-state index is 13.2. The molecule has 1 aromatic heterocycles. The minimum absolute atomic E-state index is 0.0177. The monoisotopic (exact) mass is 284 g/mol. The number of nitriles is 1. The molecule has 0 amide bonds. The maximum atomic E-state index is 13.2. The van der Waals surface area contributed by atoms with E-state index in [2.05, 4.69) is 15.0 Å². The smallest absolute Gasteiger partial charge is 0.230 e. The minimum atomic E-state index is -0.384. The molecule has 2 N–H and O–H groups in total. The lowest BCUT2D eigenvalue weighted by Crippen LogP contribution is -2.15. The normalized spacial score (nSPS) is 11.0. The first kappa shape index (κ1) is 14.4. The first-order chi connectivity index (χ1) is 9.99. The van der Waals surface area contributed by atoms with E-state index in [1.165, 1.54) is 18.2 Å². The van der Waals surface area contributed by atoms with Gasteiger partial charge < -0.3 is 10.6 Å². The average molecular weight is 284 g/mol. The number of nitrogens with zero attached hydrogens (tertiary/aromatic N) is 5. The van der Waals surface area contributed by atoms with E-state index in [0.29, 0.717) is 11.5 Å². The Kier molecular flexibility index (Phi) is 4.09. The van der Waals surface area contributed by atoms with Crippen LogP contribution in [0.3, 0.4) is 0 Å². The van der Waals surface area contributed by atoms with Crippen LogP contribution >= 0.6 is 0 Å². The largest absolute Gasteiger partial charge is 0.368 e. The molecule has 1 heterocycles. The number of allylic oxidation sites excluding steroid dienone is 1. The highest BCUT2D eigenvalue weighted by atomic mass is 19.1. The second-order valence-electron chi connectivity index (χ2n) is 4.44. The van der Waals surface area contributed by atoms with Gasteiger partial charge in [0.25, 0.3) is 0 Å². The summed E-state index contributed by atoms with van der Waals surface area (Å²) in [6.45, 7) is 0. The van der Waals surface area contributed by atoms with E-state index in [0.717, 1.165) is 0 Å². The first-order valence-electron chi connectivity index (χ1n) is 6.06. The zero-order chi connectivity index (χ0) is 15.4. The Morgan fingerprint density at radius 2 is 2.10 bits per heavy atom. The Bertz CT molecular complexity index is 732. The van der Waals surface area contributed by atoms with E-state index < -0.39 is 0 Å². The van der Waals surface area contributed by atoms with Crippen LogP contribution in [0, 0.1) is 17.1 Å². The van der Waals surface area contributed by atoms with Crippen molar-refractivity contribution in [3.63, 3.8) is 0 Å². The minimum Gasteiger partial charge on any atom is -0.368 e. The molecule has 2 rings (SSSR count). The van der Waals surface area contributed by atoms with Crippen LogP contribution in [0.1, 0.15) is 11.4 Å². The first-order valence-corrected chi connectivity index (χ1v) is 6.06. The third-order valence-corrected chi connectivity index (χ3v) is 2.56. The molecule has 7 heteroatoms. The van der Waals surface area contributed by atoms with Gasteiger partial charge in [-0.1, -0.05) is 12.1 Å². The number of hydrogen-bond donors (Lipinski definition) is 1. The molecule has 0 aliphatic heterocycles. The number of benzene rings is 1. The zero-order valence-electron chi connectivity index (χ0n) is 11.6. The molecule has 0 bridgehead atoms. The molecule has 0 aliphatic rings. The van der Waals surface area contributed by atoms with E-state index in [9.17, 15) is 9.65 Å². The number of rotatable bonds is 3. The van der Waals surface area contributed by atoms with Gasteiger partial charge in [0.2, 0.25) is 11.9 Å². The number of nitrogens with two attached hydrogens (primary N) is 1. The number of anilines is 2. The van der Waals surface area contributed by atoms with Gasteiger partial charge in [-0.25, -0.2) is 4.39 Å². The second-order valence-corrected chi connectivity index (χ2v) is 4.44. The molecule has 0 aliphatic carbocycles. The van der Waals surface area contributed by atoms with Crippen LogP contribution in [-0.4, -0.2) is 29.0 Å². The average Bonchev–Trinajstić information content (AvgIpc) is 2.44. The van der Waals surface area contributed by atoms with Crippen molar-refractivity contribution in [2.45, 2.75) is 0 Å². The molecule has 0 radical (unpaired) electrons. The number of nitrogen functional groups attached to an aromatic ring is 1. The van der Waals surface area contributed by atoms with Crippen LogP contribution < -0.4 is 10.6 Å². The van der Waals surface area contributed by atoms with Crippen LogP contribution in [0.2, 0.25) is 0 Å². The van der Waals surface area contributed by atoms with Crippen molar-refractivity contribution < 1.29 is 4.39 Å². The molecular formula is C14H13FN6. The van der Waals surface area contributed by atoms with Crippen LogP contribution in [0.5, 0.6) is 0 Å². The van der Waals surface area contributed by atoms with Crippen molar-refractivity contribution >= 4 is 23.5 Å². The Morgan fingerprint density at radius 1 is 1.33 bits per heavy atom. The summed E-state index contributed by atoms with van der Waals surface area (Å²) in [5.74, 6) is 0.130. The Hall–Kier alpha value is -3.01. The molecule has 0 saturated heterocycles. The second kappa shape index (κ2) is 5.96. The zero-order valence-corrected chi connectivity index (χ0v) is 11.6. The predicted molar refractivity (Wildman–Crippen MR) is 78.5 cm³/mol. The van der Waals surface area contributed by atoms with Gasteiger partial charge in [-0.2, -0.15) is 20.2 Å². The molecule has 6 nitrogen and oxygen atoms in total. The van der Waals surface area contributed by atoms with Crippen molar-refractivity contribution in [1.29, 1.82) is 5.26 Å². The van der Waals surface area contributed by atoms with Gasteiger partial charge in [-0.15, -0.1) is 0 Å². The van der Waals surface area contributed by atoms with E-state index in [-0.39, 0.29) is 23.2 Å². The maximum Gasteiger partial charge on any atom is 0.230 e. The van der Waals surface area contributed by atoms with Crippen LogP contribution in [-0.2, 0) is 0 Å². The quantitative estimate of drug-likeness (QED) is 0.863. The third kappa shape index (κ3) is 3.51. The van der Waals surface area contributed by atoms with Gasteiger partial charge in [-0.05, 0) is 23.8 Å². The van der Waals surface area contributed by atoms with Crippen LogP contribution in [0.15, 0.2) is 24.3 Å². The summed E-state index contributed by atoms with van der Waals surface area (Å²) in [7, 11) is 3.50. The van der Waals surface area contributed by atoms with Gasteiger partial charge in [0.1, 0.15) is 11.9 Å². The molecular weight excluding hydrogens is 271 g/mol. The Balaban J connectivity index is 2.49. The lowest BCUT2D eigenvalue weighted by Gasteiger charge is -2.10. The summed E-state index contributed by atoms with van der Waals surface area (Å²) in [6, 6.07) is 7.87. The highest BCUT2D eigenvalue weighted by molar-refractivity contribution is 5.87. The van der Waals surface area contributed by atoms with E-state index in [1.807, 2.05) is 6.07 Å². The fraction of sp³-hybridized carbons (Fsp3) is 0.143. The molecule has 21 heavy (non-hydrogen) atoms. The van der Waals surface area contributed by atoms with Gasteiger partial charge in [0.05, 0.1) is 5.57 Å². The summed E-state index contributed by atoms with van der Waals surface area (Å²) >= 11 is 0. The molecule has 0 saturated carbocycles. The van der Waals surface area contributed by atoms with Gasteiger partial charge >= 0.3 is 0 Å². The molecule has 0 fully saturated rings. The van der Waals surface area contributed by atoms with Gasteiger partial charge in [0, 0.05) is 14.1 Å². The predicted octanol–water partition coefficient (Wildman–Crippen LogP) is 1.72. The molecule has 1 aromatic carbocycles. The summed E-state index contributed by atoms with van der Waals surface area (Å²) in [6.07, 6.45) is 1.50. The topological polar surface area (TPSA) is 91.7 Å². The SMILES string of the molecule is CN(C)c1nc(N)nc(/C(C#N)=C\c2cccc(F)c2)n1. The van der Waals surface area contributed by atoms with E-state index >= 15 is 0 Å². The highest BCUT2D eigenvalue weighted by Crippen LogP contribution is 2.17. The van der Waals surface area contributed by atoms with E-state index in [4.69, 9.17) is 5.73 Å². The van der Waals surface area contributed by atoms with Gasteiger partial charge in [-0.3, -0.25) is 0 Å². The third-order valence-electron chi connectivity index (χ3n) is 2.56. The molecule has 2 aromatic rings. The lowest BCUT2D eigenvalue weighted by molar-refractivity contribution is 0.627. The number of aromatic nitrogens is 3. The fourth-order valence-corrected chi connectivity index (χ4v) is 1.61. The standard InChI is InChI=1S/C14H13FN6/c1-21(2)14-19-12(18-13(17)20-14)10(8-16)6-9-4-3-5-11(15)7-9/h3-7H,1-2H3,(H2,17,18,19,20)/b10-6-. The fourth-order valence-electron chi connectivity index (χ4n) is 1.61. The van der Waals surface area contributed by atoms with Crippen molar-refractivity contribution in [2.24, 2.45) is 0 Å². The highest BCUT2D eigenvalue weighted by Gasteiger charge is 2.10. The molecule has 0 atom stereocenters. The lowest BCUT2D eigenvalue weighted by atomic mass is 10.1. The van der Waals surface area contributed by atoms with Crippen molar-refractivity contribution in [3.05, 3.63) is 41.5 Å². The number of hydrogen-bond acceptors (Lipinski definition) is 6. The summed E-state index contributed by atoms with van der Waals surface area (Å²) < 4.78 is 13.2. The summed E-state index contributed by atoms with van der Waals surface area (Å²) in [5.41, 5.74) is 6.34. The van der Waals surface area contributed by atoms with Crippen LogP contribution in [0.25, 0.3) is 11.6 Å². The molecule has 0 spiro atoms. The van der Waals surface area contributed by atoms with Gasteiger partial charge in [0.15, 0.2) is 5.82 Å². The number of halogens is 1.